The maximum absolute atomic E-state index is 12.1. The van der Waals surface area contributed by atoms with Crippen molar-refractivity contribution < 1.29 is 9.59 Å². The molecule has 1 aliphatic carbocycles. The predicted octanol–water partition coefficient (Wildman–Crippen LogP) is 2.06. The number of nitrogens with two attached hydrogens (primary N) is 1. The van der Waals surface area contributed by atoms with Gasteiger partial charge in [0.2, 0.25) is 5.91 Å². The van der Waals surface area contributed by atoms with Crippen molar-refractivity contribution in [3.63, 3.8) is 0 Å². The number of aromatic nitrogens is 1. The minimum Gasteiger partial charge on any atom is -0.365 e. The normalized spacial score (nSPS) is 26.1. The molecule has 2 unspecified atom stereocenters. The molecule has 1 aliphatic heterocycles. The SMILES string of the molecule is NC(=O)c1sc(=S)n2c1NC(=O)C1CCCCC12. The van der Waals surface area contributed by atoms with E-state index in [9.17, 15) is 9.59 Å². The number of rotatable bonds is 1. The summed E-state index contributed by atoms with van der Waals surface area (Å²) in [5.41, 5.74) is 5.33. The quantitative estimate of drug-likeness (QED) is 0.774. The summed E-state index contributed by atoms with van der Waals surface area (Å²) >= 11 is 6.49. The number of primary amides is 1. The lowest BCUT2D eigenvalue weighted by Gasteiger charge is -2.36. The van der Waals surface area contributed by atoms with Crippen molar-refractivity contribution in [3.8, 4) is 0 Å². The van der Waals surface area contributed by atoms with E-state index in [-0.39, 0.29) is 17.9 Å². The van der Waals surface area contributed by atoms with Crippen LogP contribution in [0.15, 0.2) is 0 Å². The van der Waals surface area contributed by atoms with Crippen LogP contribution in [0, 0.1) is 9.87 Å². The minimum atomic E-state index is -0.533. The summed E-state index contributed by atoms with van der Waals surface area (Å²) in [7, 11) is 0. The summed E-state index contributed by atoms with van der Waals surface area (Å²) in [5.74, 6) is -0.0525. The monoisotopic (exact) mass is 283 g/mol. The second-order valence-electron chi connectivity index (χ2n) is 4.73. The number of anilines is 1. The van der Waals surface area contributed by atoms with Gasteiger partial charge in [0.15, 0.2) is 3.95 Å². The number of nitrogens with one attached hydrogen (secondary N) is 1. The van der Waals surface area contributed by atoms with Gasteiger partial charge in [-0.15, -0.1) is 0 Å². The Morgan fingerprint density at radius 3 is 2.89 bits per heavy atom. The van der Waals surface area contributed by atoms with Crippen molar-refractivity contribution in [1.82, 2.24) is 4.57 Å². The smallest absolute Gasteiger partial charge is 0.262 e. The van der Waals surface area contributed by atoms with Crippen LogP contribution < -0.4 is 11.1 Å². The van der Waals surface area contributed by atoms with E-state index in [0.29, 0.717) is 14.6 Å². The van der Waals surface area contributed by atoms with Gasteiger partial charge in [-0.05, 0) is 25.1 Å². The fourth-order valence-corrected chi connectivity index (χ4v) is 4.23. The van der Waals surface area contributed by atoms with Gasteiger partial charge >= 0.3 is 0 Å². The number of carbonyl (C=O) groups excluding carboxylic acids is 2. The molecule has 18 heavy (non-hydrogen) atoms. The molecule has 7 heteroatoms. The summed E-state index contributed by atoms with van der Waals surface area (Å²) in [5, 5.41) is 2.80. The lowest BCUT2D eigenvalue weighted by molar-refractivity contribution is -0.123. The van der Waals surface area contributed by atoms with Crippen LogP contribution >= 0.6 is 23.6 Å². The lowest BCUT2D eigenvalue weighted by atomic mass is 9.82. The van der Waals surface area contributed by atoms with Crippen molar-refractivity contribution in [2.24, 2.45) is 11.7 Å². The van der Waals surface area contributed by atoms with E-state index in [0.717, 1.165) is 25.7 Å². The molecular weight excluding hydrogens is 270 g/mol. The number of nitrogens with zero attached hydrogens (tertiary/aromatic N) is 1. The van der Waals surface area contributed by atoms with Gasteiger partial charge in [-0.2, -0.15) is 0 Å². The zero-order valence-electron chi connectivity index (χ0n) is 9.64. The van der Waals surface area contributed by atoms with Gasteiger partial charge in [0.1, 0.15) is 10.7 Å². The molecule has 0 spiro atoms. The molecule has 2 heterocycles. The first-order valence-electron chi connectivity index (χ1n) is 5.95. The maximum Gasteiger partial charge on any atom is 0.262 e. The highest BCUT2D eigenvalue weighted by Gasteiger charge is 2.39. The molecule has 5 nitrogen and oxygen atoms in total. The highest BCUT2D eigenvalue weighted by atomic mass is 32.1. The third-order valence-corrected chi connectivity index (χ3v) is 5.12. The average Bonchev–Trinajstić information content (AvgIpc) is 2.67. The molecule has 1 aromatic heterocycles. The maximum atomic E-state index is 12.1. The first-order valence-corrected chi connectivity index (χ1v) is 7.18. The lowest BCUT2D eigenvalue weighted by Crippen LogP contribution is -2.39. The van der Waals surface area contributed by atoms with E-state index in [1.165, 1.54) is 11.3 Å². The number of hydrogen-bond acceptors (Lipinski definition) is 4. The van der Waals surface area contributed by atoms with Gasteiger partial charge in [-0.1, -0.05) is 24.2 Å². The zero-order chi connectivity index (χ0) is 12.9. The number of carbonyl (C=O) groups is 2. The summed E-state index contributed by atoms with van der Waals surface area (Å²) in [4.78, 5) is 23.8. The molecule has 3 rings (SSSR count). The average molecular weight is 283 g/mol. The topological polar surface area (TPSA) is 77.1 Å². The van der Waals surface area contributed by atoms with E-state index in [1.54, 1.807) is 0 Å². The Morgan fingerprint density at radius 1 is 1.44 bits per heavy atom. The van der Waals surface area contributed by atoms with Crippen LogP contribution in [0.4, 0.5) is 5.82 Å². The van der Waals surface area contributed by atoms with Crippen molar-refractivity contribution in [2.75, 3.05) is 5.32 Å². The molecule has 0 radical (unpaired) electrons. The Bertz CT molecular complexity index is 590. The van der Waals surface area contributed by atoms with E-state index in [4.69, 9.17) is 18.0 Å². The molecule has 2 atom stereocenters. The van der Waals surface area contributed by atoms with Crippen LogP contribution in [0.3, 0.4) is 0 Å². The third-order valence-electron chi connectivity index (χ3n) is 3.71. The van der Waals surface area contributed by atoms with Crippen LogP contribution in [0.2, 0.25) is 0 Å². The first-order chi connectivity index (χ1) is 8.59. The summed E-state index contributed by atoms with van der Waals surface area (Å²) in [6.07, 6.45) is 4.00. The Labute approximate surface area is 113 Å². The summed E-state index contributed by atoms with van der Waals surface area (Å²) < 4.78 is 2.54. The zero-order valence-corrected chi connectivity index (χ0v) is 11.3. The molecule has 2 amide bonds. The second kappa shape index (κ2) is 4.17. The van der Waals surface area contributed by atoms with Crippen LogP contribution in [-0.4, -0.2) is 16.4 Å². The fraction of sp³-hybridized carbons (Fsp3) is 0.545. The van der Waals surface area contributed by atoms with E-state index < -0.39 is 5.91 Å². The molecular formula is C11H13N3O2S2. The van der Waals surface area contributed by atoms with Crippen LogP contribution in [-0.2, 0) is 4.79 Å². The Hall–Kier alpha value is -1.21. The summed E-state index contributed by atoms with van der Waals surface area (Å²) in [6.45, 7) is 0. The van der Waals surface area contributed by atoms with Crippen LogP contribution in [0.5, 0.6) is 0 Å². The predicted molar refractivity (Wildman–Crippen MR) is 71.3 cm³/mol. The minimum absolute atomic E-state index is 0.00463. The fourth-order valence-electron chi connectivity index (χ4n) is 2.91. The van der Waals surface area contributed by atoms with Gasteiger partial charge in [0, 0.05) is 6.04 Å². The van der Waals surface area contributed by atoms with Crippen molar-refractivity contribution >= 4 is 41.2 Å². The van der Waals surface area contributed by atoms with Crippen LogP contribution in [0.25, 0.3) is 0 Å². The van der Waals surface area contributed by atoms with Gasteiger partial charge in [-0.3, -0.25) is 9.59 Å². The molecule has 1 saturated carbocycles. The van der Waals surface area contributed by atoms with Crippen molar-refractivity contribution in [3.05, 3.63) is 8.83 Å². The second-order valence-corrected chi connectivity index (χ2v) is 6.37. The Morgan fingerprint density at radius 2 is 2.17 bits per heavy atom. The van der Waals surface area contributed by atoms with Gasteiger partial charge in [0.25, 0.3) is 5.91 Å². The number of hydrogen-bond donors (Lipinski definition) is 2. The number of thiazole rings is 1. The molecule has 2 aliphatic rings. The Kier molecular flexibility index (Phi) is 2.74. The summed E-state index contributed by atoms with van der Waals surface area (Å²) in [6, 6.07) is 0.0966. The highest BCUT2D eigenvalue weighted by molar-refractivity contribution is 7.73. The molecule has 1 aromatic rings. The van der Waals surface area contributed by atoms with Gasteiger partial charge < -0.3 is 15.6 Å². The van der Waals surface area contributed by atoms with Gasteiger partial charge in [-0.25, -0.2) is 0 Å². The first kappa shape index (κ1) is 11.9. The Balaban J connectivity index is 2.17. The van der Waals surface area contributed by atoms with Crippen molar-refractivity contribution in [2.45, 2.75) is 31.7 Å². The molecule has 1 fully saturated rings. The number of fused-ring (bicyclic) bond motifs is 3. The van der Waals surface area contributed by atoms with Crippen molar-refractivity contribution in [1.29, 1.82) is 0 Å². The molecule has 0 bridgehead atoms. The van der Waals surface area contributed by atoms with E-state index in [1.807, 2.05) is 4.57 Å². The molecule has 96 valence electrons. The third kappa shape index (κ3) is 1.61. The highest BCUT2D eigenvalue weighted by Crippen LogP contribution is 2.42. The van der Waals surface area contributed by atoms with Crippen LogP contribution in [0.1, 0.15) is 41.4 Å². The standard InChI is InChI=1S/C11H13N3O2S2/c12-8(15)7-9-13-10(16)5-3-1-2-4-6(5)14(9)11(17)18-7/h5-6H,1-4H2,(H2,12,15)(H,13,16). The van der Waals surface area contributed by atoms with E-state index in [2.05, 4.69) is 5.32 Å². The largest absolute Gasteiger partial charge is 0.365 e. The number of amides is 2. The molecule has 3 N–H and O–H groups in total. The van der Waals surface area contributed by atoms with Gasteiger partial charge in [0.05, 0.1) is 5.92 Å². The van der Waals surface area contributed by atoms with E-state index >= 15 is 0 Å². The molecule has 0 saturated heterocycles. The molecule has 0 aromatic carbocycles.